The van der Waals surface area contributed by atoms with E-state index in [1.54, 1.807) is 18.3 Å². The number of aromatic nitrogens is 1. The van der Waals surface area contributed by atoms with Gasteiger partial charge in [-0.05, 0) is 29.8 Å². The van der Waals surface area contributed by atoms with Crippen LogP contribution in [0.2, 0.25) is 0 Å². The predicted octanol–water partition coefficient (Wildman–Crippen LogP) is 3.48. The highest BCUT2D eigenvalue weighted by molar-refractivity contribution is 5.98. The van der Waals surface area contributed by atoms with Gasteiger partial charge in [0.2, 0.25) is 5.91 Å². The molecular weight excluding hydrogens is 366 g/mol. The lowest BCUT2D eigenvalue weighted by atomic mass is 10.2. The number of pyridine rings is 1. The summed E-state index contributed by atoms with van der Waals surface area (Å²) in [5, 5.41) is 8.04. The monoisotopic (exact) mass is 389 g/mol. The Kier molecular flexibility index (Phi) is 6.78. The van der Waals surface area contributed by atoms with E-state index in [4.69, 9.17) is 0 Å². The van der Waals surface area contributed by atoms with Crippen LogP contribution < -0.4 is 20.9 Å². The van der Waals surface area contributed by atoms with Crippen LogP contribution in [0.3, 0.4) is 0 Å². The maximum atomic E-state index is 12.3. The van der Waals surface area contributed by atoms with Crippen LogP contribution in [0.4, 0.5) is 21.9 Å². The number of urea groups is 1. The second kappa shape index (κ2) is 9.89. The summed E-state index contributed by atoms with van der Waals surface area (Å²) in [4.78, 5) is 30.2. The van der Waals surface area contributed by atoms with Crippen molar-refractivity contribution in [1.29, 1.82) is 0 Å². The van der Waals surface area contributed by atoms with Gasteiger partial charge in [-0.2, -0.15) is 0 Å². The first-order chi connectivity index (χ1) is 14.1. The number of anilines is 3. The lowest BCUT2D eigenvalue weighted by Gasteiger charge is -2.23. The Morgan fingerprint density at radius 1 is 0.931 bits per heavy atom. The third kappa shape index (κ3) is 6.07. The maximum absolute atomic E-state index is 12.3. The van der Waals surface area contributed by atoms with Crippen molar-refractivity contribution < 1.29 is 9.59 Å². The Bertz CT molecular complexity index is 948. The molecule has 0 atom stereocenters. The molecule has 7 nitrogen and oxygen atoms in total. The fourth-order valence-corrected chi connectivity index (χ4v) is 2.82. The Balaban J connectivity index is 1.55. The van der Waals surface area contributed by atoms with Crippen molar-refractivity contribution in [2.75, 3.05) is 29.1 Å². The van der Waals surface area contributed by atoms with Crippen molar-refractivity contribution in [3.05, 3.63) is 84.7 Å². The molecule has 0 aliphatic rings. The number of carbonyl (C=O) groups is 2. The van der Waals surface area contributed by atoms with E-state index in [2.05, 4.69) is 38.0 Å². The summed E-state index contributed by atoms with van der Waals surface area (Å²) in [6.45, 7) is 0.553. The van der Waals surface area contributed by atoms with E-state index in [9.17, 15) is 9.59 Å². The van der Waals surface area contributed by atoms with Gasteiger partial charge in [0.1, 0.15) is 0 Å². The highest BCUT2D eigenvalue weighted by Crippen LogP contribution is 2.25. The Morgan fingerprint density at radius 3 is 2.45 bits per heavy atom. The molecular formula is C22H23N5O2. The number of amides is 3. The topological polar surface area (TPSA) is 86.4 Å². The quantitative estimate of drug-likeness (QED) is 0.577. The molecule has 29 heavy (non-hydrogen) atoms. The van der Waals surface area contributed by atoms with Crippen molar-refractivity contribution in [3.63, 3.8) is 0 Å². The minimum absolute atomic E-state index is 0.150. The lowest BCUT2D eigenvalue weighted by Crippen LogP contribution is -2.36. The van der Waals surface area contributed by atoms with E-state index < -0.39 is 6.03 Å². The molecule has 3 aromatic rings. The maximum Gasteiger partial charge on any atom is 0.319 e. The minimum atomic E-state index is -0.452. The van der Waals surface area contributed by atoms with Crippen molar-refractivity contribution in [3.8, 4) is 0 Å². The smallest absolute Gasteiger partial charge is 0.319 e. The fourth-order valence-electron chi connectivity index (χ4n) is 2.82. The Hall–Kier alpha value is -3.87. The van der Waals surface area contributed by atoms with Crippen LogP contribution in [-0.2, 0) is 11.3 Å². The average Bonchev–Trinajstić information content (AvgIpc) is 2.74. The van der Waals surface area contributed by atoms with Gasteiger partial charge in [-0.1, -0.05) is 42.5 Å². The first-order valence-corrected chi connectivity index (χ1v) is 9.20. The molecule has 0 aliphatic carbocycles. The largest absolute Gasteiger partial charge is 0.369 e. The van der Waals surface area contributed by atoms with Gasteiger partial charge in [0, 0.05) is 19.8 Å². The summed E-state index contributed by atoms with van der Waals surface area (Å²) in [7, 11) is 1.97. The van der Waals surface area contributed by atoms with Gasteiger partial charge in [-0.3, -0.25) is 9.78 Å². The van der Waals surface area contributed by atoms with E-state index >= 15 is 0 Å². The van der Waals surface area contributed by atoms with E-state index in [0.29, 0.717) is 17.9 Å². The van der Waals surface area contributed by atoms with Crippen molar-refractivity contribution in [2.45, 2.75) is 6.54 Å². The van der Waals surface area contributed by atoms with Crippen LogP contribution in [0.15, 0.2) is 79.1 Å². The Morgan fingerprint density at radius 2 is 1.69 bits per heavy atom. The summed E-state index contributed by atoms with van der Waals surface area (Å²) in [5.74, 6) is -0.331. The van der Waals surface area contributed by atoms with Crippen LogP contribution in [-0.4, -0.2) is 30.5 Å². The number of benzene rings is 2. The molecule has 0 bridgehead atoms. The number of nitrogens with zero attached hydrogens (tertiary/aromatic N) is 2. The SMILES string of the molecule is CN(Cc1ccccc1)c1ccccc1NC(=O)NCC(=O)Nc1cccnc1. The van der Waals surface area contributed by atoms with Crippen molar-refractivity contribution >= 4 is 29.0 Å². The fraction of sp³-hybridized carbons (Fsp3) is 0.136. The zero-order valence-electron chi connectivity index (χ0n) is 16.1. The van der Waals surface area contributed by atoms with Gasteiger partial charge in [-0.25, -0.2) is 4.79 Å². The number of carbonyl (C=O) groups excluding carboxylic acids is 2. The zero-order valence-corrected chi connectivity index (χ0v) is 16.1. The normalized spacial score (nSPS) is 10.1. The summed E-state index contributed by atoms with van der Waals surface area (Å²) in [6, 6.07) is 20.6. The van der Waals surface area contributed by atoms with Crippen LogP contribution in [0.25, 0.3) is 0 Å². The predicted molar refractivity (Wildman–Crippen MR) is 115 cm³/mol. The zero-order chi connectivity index (χ0) is 20.5. The third-order valence-corrected chi connectivity index (χ3v) is 4.18. The van der Waals surface area contributed by atoms with E-state index in [1.807, 2.05) is 49.5 Å². The molecule has 2 aromatic carbocycles. The second-order valence-corrected chi connectivity index (χ2v) is 6.46. The van der Waals surface area contributed by atoms with Crippen LogP contribution in [0.1, 0.15) is 5.56 Å². The van der Waals surface area contributed by atoms with E-state index in [-0.39, 0.29) is 12.5 Å². The Labute approximate surface area is 169 Å². The van der Waals surface area contributed by atoms with Crippen LogP contribution >= 0.6 is 0 Å². The molecule has 3 amide bonds. The molecule has 0 spiro atoms. The molecule has 0 saturated heterocycles. The number of para-hydroxylation sites is 2. The number of rotatable bonds is 7. The lowest BCUT2D eigenvalue weighted by molar-refractivity contribution is -0.115. The van der Waals surface area contributed by atoms with Crippen LogP contribution in [0.5, 0.6) is 0 Å². The molecule has 0 fully saturated rings. The number of hydrogen-bond acceptors (Lipinski definition) is 4. The highest BCUT2D eigenvalue weighted by Gasteiger charge is 2.11. The molecule has 0 aliphatic heterocycles. The third-order valence-electron chi connectivity index (χ3n) is 4.18. The number of hydrogen-bond donors (Lipinski definition) is 3. The average molecular weight is 389 g/mol. The summed E-state index contributed by atoms with van der Waals surface area (Å²) in [5.41, 5.74) is 3.29. The van der Waals surface area contributed by atoms with Gasteiger partial charge in [0.05, 0.1) is 29.8 Å². The molecule has 3 rings (SSSR count). The number of nitrogens with one attached hydrogen (secondary N) is 3. The molecule has 0 unspecified atom stereocenters. The summed E-state index contributed by atoms with van der Waals surface area (Å²) in [6.07, 6.45) is 3.16. The van der Waals surface area contributed by atoms with Crippen molar-refractivity contribution in [2.24, 2.45) is 0 Å². The summed E-state index contributed by atoms with van der Waals surface area (Å²) >= 11 is 0. The van der Waals surface area contributed by atoms with Gasteiger partial charge in [-0.15, -0.1) is 0 Å². The molecule has 1 heterocycles. The minimum Gasteiger partial charge on any atom is -0.369 e. The van der Waals surface area contributed by atoms with Gasteiger partial charge < -0.3 is 20.9 Å². The highest BCUT2D eigenvalue weighted by atomic mass is 16.2. The molecule has 148 valence electrons. The first kappa shape index (κ1) is 19.9. The second-order valence-electron chi connectivity index (χ2n) is 6.46. The van der Waals surface area contributed by atoms with Gasteiger partial charge in [0.15, 0.2) is 0 Å². The molecule has 3 N–H and O–H groups in total. The van der Waals surface area contributed by atoms with Crippen LogP contribution in [0, 0.1) is 0 Å². The first-order valence-electron chi connectivity index (χ1n) is 9.20. The molecule has 7 heteroatoms. The standard InChI is InChI=1S/C22H23N5O2/c1-27(16-17-8-3-2-4-9-17)20-12-6-5-11-19(20)26-22(29)24-15-21(28)25-18-10-7-13-23-14-18/h2-14H,15-16H2,1H3,(H,25,28)(H2,24,26,29). The van der Waals surface area contributed by atoms with E-state index in [0.717, 1.165) is 5.69 Å². The van der Waals surface area contributed by atoms with Gasteiger partial charge >= 0.3 is 6.03 Å². The van der Waals surface area contributed by atoms with Gasteiger partial charge in [0.25, 0.3) is 0 Å². The summed E-state index contributed by atoms with van der Waals surface area (Å²) < 4.78 is 0. The van der Waals surface area contributed by atoms with E-state index in [1.165, 1.54) is 11.8 Å². The van der Waals surface area contributed by atoms with Crippen molar-refractivity contribution in [1.82, 2.24) is 10.3 Å². The molecule has 1 aromatic heterocycles. The molecule has 0 radical (unpaired) electrons. The molecule has 0 saturated carbocycles.